The van der Waals surface area contributed by atoms with E-state index in [1.54, 1.807) is 0 Å². The van der Waals surface area contributed by atoms with Crippen LogP contribution in [0.25, 0.3) is 0 Å². The first-order valence-electron chi connectivity index (χ1n) is 7.38. The molecule has 0 bridgehead atoms. The van der Waals surface area contributed by atoms with Gasteiger partial charge in [0.2, 0.25) is 11.7 Å². The Kier molecular flexibility index (Phi) is 5.34. The Labute approximate surface area is 115 Å². The molecule has 1 saturated carbocycles. The lowest BCUT2D eigenvalue weighted by Crippen LogP contribution is -2.25. The minimum Gasteiger partial charge on any atom is -0.370 e. The SMILES string of the molecule is CCOC(c1noc(CNC2CCCC2)n1)C(C)C. The van der Waals surface area contributed by atoms with Crippen LogP contribution >= 0.6 is 0 Å². The highest BCUT2D eigenvalue weighted by Crippen LogP contribution is 2.23. The summed E-state index contributed by atoms with van der Waals surface area (Å²) in [7, 11) is 0. The molecule has 0 aliphatic heterocycles. The van der Waals surface area contributed by atoms with E-state index < -0.39 is 0 Å². The van der Waals surface area contributed by atoms with Crippen molar-refractivity contribution in [3.8, 4) is 0 Å². The number of aromatic nitrogens is 2. The molecule has 1 aromatic heterocycles. The van der Waals surface area contributed by atoms with Gasteiger partial charge in [-0.1, -0.05) is 31.8 Å². The Morgan fingerprint density at radius 1 is 1.37 bits per heavy atom. The minimum atomic E-state index is -0.0750. The molecular weight excluding hydrogens is 242 g/mol. The predicted octanol–water partition coefficient (Wildman–Crippen LogP) is 2.84. The van der Waals surface area contributed by atoms with Crippen molar-refractivity contribution in [2.24, 2.45) is 5.92 Å². The fourth-order valence-electron chi connectivity index (χ4n) is 2.56. The molecule has 1 unspecified atom stereocenters. The standard InChI is InChI=1S/C14H25N3O2/c1-4-18-13(10(2)3)14-16-12(19-17-14)9-15-11-7-5-6-8-11/h10-11,13,15H,4-9H2,1-3H3. The summed E-state index contributed by atoms with van der Waals surface area (Å²) in [6, 6.07) is 0.614. The first-order valence-corrected chi connectivity index (χ1v) is 7.38. The minimum absolute atomic E-state index is 0.0750. The molecule has 1 N–H and O–H groups in total. The van der Waals surface area contributed by atoms with Gasteiger partial charge in [-0.25, -0.2) is 0 Å². The van der Waals surface area contributed by atoms with E-state index >= 15 is 0 Å². The average molecular weight is 267 g/mol. The van der Waals surface area contributed by atoms with Crippen LogP contribution in [0, 0.1) is 5.92 Å². The molecule has 0 amide bonds. The molecule has 0 saturated heterocycles. The Hall–Kier alpha value is -0.940. The lowest BCUT2D eigenvalue weighted by Gasteiger charge is -2.16. The van der Waals surface area contributed by atoms with Crippen molar-refractivity contribution in [1.82, 2.24) is 15.5 Å². The normalized spacial score (nSPS) is 18.3. The summed E-state index contributed by atoms with van der Waals surface area (Å²) in [4.78, 5) is 4.45. The maximum absolute atomic E-state index is 5.68. The number of hydrogen-bond acceptors (Lipinski definition) is 5. The molecule has 0 aromatic carbocycles. The predicted molar refractivity (Wildman–Crippen MR) is 72.6 cm³/mol. The maximum atomic E-state index is 5.68. The fourth-order valence-corrected chi connectivity index (χ4v) is 2.56. The molecule has 5 heteroatoms. The first-order chi connectivity index (χ1) is 9.20. The van der Waals surface area contributed by atoms with E-state index in [-0.39, 0.29) is 6.10 Å². The van der Waals surface area contributed by atoms with Gasteiger partial charge in [0.25, 0.3) is 0 Å². The number of nitrogens with zero attached hydrogens (tertiary/aromatic N) is 2. The number of hydrogen-bond donors (Lipinski definition) is 1. The fraction of sp³-hybridized carbons (Fsp3) is 0.857. The van der Waals surface area contributed by atoms with Crippen molar-refractivity contribution in [3.63, 3.8) is 0 Å². The molecule has 5 nitrogen and oxygen atoms in total. The molecule has 0 spiro atoms. The molecule has 1 atom stereocenters. The Bertz CT molecular complexity index is 373. The van der Waals surface area contributed by atoms with Gasteiger partial charge >= 0.3 is 0 Å². The van der Waals surface area contributed by atoms with Crippen LogP contribution in [0.15, 0.2) is 4.52 Å². The van der Waals surface area contributed by atoms with Gasteiger partial charge in [0.1, 0.15) is 6.10 Å². The zero-order valence-corrected chi connectivity index (χ0v) is 12.2. The molecule has 19 heavy (non-hydrogen) atoms. The third-order valence-electron chi connectivity index (χ3n) is 3.59. The highest BCUT2D eigenvalue weighted by molar-refractivity contribution is 4.93. The van der Waals surface area contributed by atoms with Crippen molar-refractivity contribution in [2.45, 2.75) is 65.1 Å². The van der Waals surface area contributed by atoms with E-state index in [0.717, 1.165) is 0 Å². The van der Waals surface area contributed by atoms with Gasteiger partial charge in [-0.3, -0.25) is 0 Å². The van der Waals surface area contributed by atoms with Gasteiger partial charge in [0.15, 0.2) is 0 Å². The molecule has 1 aromatic rings. The van der Waals surface area contributed by atoms with Crippen molar-refractivity contribution in [3.05, 3.63) is 11.7 Å². The highest BCUT2D eigenvalue weighted by atomic mass is 16.5. The van der Waals surface area contributed by atoms with Crippen molar-refractivity contribution < 1.29 is 9.26 Å². The average Bonchev–Trinajstić information content (AvgIpc) is 3.04. The van der Waals surface area contributed by atoms with E-state index in [9.17, 15) is 0 Å². The molecular formula is C14H25N3O2. The van der Waals surface area contributed by atoms with Crippen molar-refractivity contribution in [1.29, 1.82) is 0 Å². The zero-order chi connectivity index (χ0) is 13.7. The smallest absolute Gasteiger partial charge is 0.240 e. The van der Waals surface area contributed by atoms with Crippen LogP contribution in [-0.4, -0.2) is 22.8 Å². The van der Waals surface area contributed by atoms with Crippen LogP contribution in [0.3, 0.4) is 0 Å². The van der Waals surface area contributed by atoms with Crippen LogP contribution in [-0.2, 0) is 11.3 Å². The second-order valence-corrected chi connectivity index (χ2v) is 5.53. The Morgan fingerprint density at radius 3 is 2.74 bits per heavy atom. The van der Waals surface area contributed by atoms with E-state index in [1.807, 2.05) is 6.92 Å². The summed E-state index contributed by atoms with van der Waals surface area (Å²) in [6.07, 6.45) is 5.09. The number of nitrogens with one attached hydrogen (secondary N) is 1. The quantitative estimate of drug-likeness (QED) is 0.823. The molecule has 1 aliphatic rings. The summed E-state index contributed by atoms with van der Waals surface area (Å²) < 4.78 is 11.0. The third-order valence-corrected chi connectivity index (χ3v) is 3.59. The number of rotatable bonds is 7. The topological polar surface area (TPSA) is 60.2 Å². The van der Waals surface area contributed by atoms with E-state index in [1.165, 1.54) is 25.7 Å². The van der Waals surface area contributed by atoms with Crippen LogP contribution in [0.2, 0.25) is 0 Å². The summed E-state index contributed by atoms with van der Waals surface area (Å²) in [6.45, 7) is 7.51. The van der Waals surface area contributed by atoms with Gasteiger partial charge in [-0.05, 0) is 25.7 Å². The van der Waals surface area contributed by atoms with Gasteiger partial charge in [0.05, 0.1) is 6.54 Å². The third kappa shape index (κ3) is 4.01. The lowest BCUT2D eigenvalue weighted by atomic mass is 10.1. The van der Waals surface area contributed by atoms with Gasteiger partial charge in [-0.15, -0.1) is 0 Å². The van der Waals surface area contributed by atoms with Crippen LogP contribution in [0.1, 0.15) is 64.3 Å². The molecule has 0 radical (unpaired) electrons. The number of ether oxygens (including phenoxy) is 1. The second-order valence-electron chi connectivity index (χ2n) is 5.53. The van der Waals surface area contributed by atoms with Crippen LogP contribution in [0.4, 0.5) is 0 Å². The van der Waals surface area contributed by atoms with Crippen molar-refractivity contribution in [2.75, 3.05) is 6.61 Å². The monoisotopic (exact) mass is 267 g/mol. The van der Waals surface area contributed by atoms with Gasteiger partial charge in [-0.2, -0.15) is 4.98 Å². The summed E-state index contributed by atoms with van der Waals surface area (Å²) >= 11 is 0. The second kappa shape index (κ2) is 7.01. The molecule has 1 aliphatic carbocycles. The van der Waals surface area contributed by atoms with Crippen LogP contribution < -0.4 is 5.32 Å². The lowest BCUT2D eigenvalue weighted by molar-refractivity contribution is 0.0217. The summed E-state index contributed by atoms with van der Waals surface area (Å²) in [5.41, 5.74) is 0. The van der Waals surface area contributed by atoms with E-state index in [0.29, 0.717) is 36.8 Å². The molecule has 1 fully saturated rings. The Balaban J connectivity index is 1.89. The maximum Gasteiger partial charge on any atom is 0.240 e. The van der Waals surface area contributed by atoms with Gasteiger partial charge < -0.3 is 14.6 Å². The van der Waals surface area contributed by atoms with Crippen LogP contribution in [0.5, 0.6) is 0 Å². The first kappa shape index (κ1) is 14.5. The molecule has 108 valence electrons. The molecule has 2 rings (SSSR count). The van der Waals surface area contributed by atoms with E-state index in [2.05, 4.69) is 29.3 Å². The summed E-state index contributed by atoms with van der Waals surface area (Å²) in [5.74, 6) is 1.67. The summed E-state index contributed by atoms with van der Waals surface area (Å²) in [5, 5.41) is 7.52. The van der Waals surface area contributed by atoms with Crippen molar-refractivity contribution >= 4 is 0 Å². The largest absolute Gasteiger partial charge is 0.370 e. The van der Waals surface area contributed by atoms with E-state index in [4.69, 9.17) is 9.26 Å². The van der Waals surface area contributed by atoms with Gasteiger partial charge in [0, 0.05) is 12.6 Å². The molecule has 1 heterocycles. The zero-order valence-electron chi connectivity index (χ0n) is 12.2. The highest BCUT2D eigenvalue weighted by Gasteiger charge is 2.22. The Morgan fingerprint density at radius 2 is 2.11 bits per heavy atom.